The topological polar surface area (TPSA) is 15.3 Å². The highest BCUT2D eigenvalue weighted by Crippen LogP contribution is 2.36. The van der Waals surface area contributed by atoms with E-state index in [1.807, 2.05) is 0 Å². The van der Waals surface area contributed by atoms with E-state index in [4.69, 9.17) is 0 Å². The van der Waals surface area contributed by atoms with E-state index in [9.17, 15) is 0 Å². The van der Waals surface area contributed by atoms with Gasteiger partial charge in [0, 0.05) is 35.8 Å². The maximum Gasteiger partial charge on any atom is 0.0377 e. The lowest BCUT2D eigenvalue weighted by atomic mass is 9.78. The minimum Gasteiger partial charge on any atom is -0.371 e. The second-order valence-electron chi connectivity index (χ2n) is 7.08. The van der Waals surface area contributed by atoms with Crippen molar-refractivity contribution in [2.24, 2.45) is 5.41 Å². The number of rotatable bonds is 5. The van der Waals surface area contributed by atoms with Crippen molar-refractivity contribution in [2.45, 2.75) is 58.5 Å². The number of benzene rings is 1. The second kappa shape index (κ2) is 6.29. The lowest BCUT2D eigenvalue weighted by molar-refractivity contribution is 0.238. The van der Waals surface area contributed by atoms with Crippen molar-refractivity contribution < 1.29 is 0 Å². The fraction of sp³-hybridized carbons (Fsp3) is 0.667. The SMILES string of the molecule is CCC1(C)CCN(c2ccc(CNC3CC3)c(Br)c2)CC1. The van der Waals surface area contributed by atoms with Gasteiger partial charge in [-0.15, -0.1) is 0 Å². The summed E-state index contributed by atoms with van der Waals surface area (Å²) in [4.78, 5) is 2.54. The Hall–Kier alpha value is -0.540. The highest BCUT2D eigenvalue weighted by atomic mass is 79.9. The molecule has 0 bridgehead atoms. The Bertz CT molecular complexity index is 488. The van der Waals surface area contributed by atoms with Gasteiger partial charge in [-0.05, 0) is 48.8 Å². The standard InChI is InChI=1S/C18H27BrN2/c1-3-18(2)8-10-21(11-9-18)16-7-4-14(17(19)12-16)13-20-15-5-6-15/h4,7,12,15,20H,3,5-6,8-11,13H2,1-2H3. The molecule has 1 heterocycles. The van der Waals surface area contributed by atoms with Crippen LogP contribution in [-0.2, 0) is 6.54 Å². The molecule has 116 valence electrons. The Morgan fingerprint density at radius 3 is 2.57 bits per heavy atom. The third-order valence-electron chi connectivity index (χ3n) is 5.38. The molecule has 21 heavy (non-hydrogen) atoms. The van der Waals surface area contributed by atoms with Gasteiger partial charge in [0.25, 0.3) is 0 Å². The van der Waals surface area contributed by atoms with Gasteiger partial charge in [0.2, 0.25) is 0 Å². The van der Waals surface area contributed by atoms with Crippen LogP contribution >= 0.6 is 15.9 Å². The molecule has 0 amide bonds. The van der Waals surface area contributed by atoms with Gasteiger partial charge in [-0.2, -0.15) is 0 Å². The highest BCUT2D eigenvalue weighted by Gasteiger charge is 2.28. The molecule has 1 aromatic carbocycles. The molecule has 0 spiro atoms. The number of piperidine rings is 1. The van der Waals surface area contributed by atoms with Crippen LogP contribution in [0.2, 0.25) is 0 Å². The minimum absolute atomic E-state index is 0.557. The minimum atomic E-state index is 0.557. The third kappa shape index (κ3) is 3.81. The van der Waals surface area contributed by atoms with Gasteiger partial charge in [0.15, 0.2) is 0 Å². The van der Waals surface area contributed by atoms with E-state index in [1.165, 1.54) is 60.9 Å². The Labute approximate surface area is 137 Å². The number of anilines is 1. The average molecular weight is 351 g/mol. The quantitative estimate of drug-likeness (QED) is 0.826. The van der Waals surface area contributed by atoms with Crippen molar-refractivity contribution in [2.75, 3.05) is 18.0 Å². The van der Waals surface area contributed by atoms with Gasteiger partial charge in [-0.3, -0.25) is 0 Å². The maximum absolute atomic E-state index is 3.75. The van der Waals surface area contributed by atoms with Crippen molar-refractivity contribution in [3.8, 4) is 0 Å². The molecule has 3 rings (SSSR count). The second-order valence-corrected chi connectivity index (χ2v) is 7.94. The summed E-state index contributed by atoms with van der Waals surface area (Å²) < 4.78 is 1.25. The van der Waals surface area contributed by atoms with Crippen molar-refractivity contribution in [3.63, 3.8) is 0 Å². The summed E-state index contributed by atoms with van der Waals surface area (Å²) >= 11 is 3.75. The molecule has 1 saturated carbocycles. The lowest BCUT2D eigenvalue weighted by Crippen LogP contribution is -2.38. The van der Waals surface area contributed by atoms with Crippen LogP contribution in [0.5, 0.6) is 0 Å². The molecule has 1 aliphatic heterocycles. The van der Waals surface area contributed by atoms with E-state index in [-0.39, 0.29) is 0 Å². The van der Waals surface area contributed by atoms with Gasteiger partial charge in [0.05, 0.1) is 0 Å². The first-order valence-corrected chi connectivity index (χ1v) is 9.16. The summed E-state index contributed by atoms with van der Waals surface area (Å²) in [5.41, 5.74) is 3.30. The van der Waals surface area contributed by atoms with Gasteiger partial charge < -0.3 is 10.2 Å². The molecule has 0 radical (unpaired) electrons. The summed E-state index contributed by atoms with van der Waals surface area (Å²) in [5, 5.41) is 3.59. The average Bonchev–Trinajstić information content (AvgIpc) is 3.31. The number of halogens is 1. The molecule has 1 saturated heterocycles. The molecular weight excluding hydrogens is 324 g/mol. The predicted molar refractivity (Wildman–Crippen MR) is 93.8 cm³/mol. The zero-order valence-corrected chi connectivity index (χ0v) is 14.9. The van der Waals surface area contributed by atoms with E-state index in [0.29, 0.717) is 5.41 Å². The summed E-state index contributed by atoms with van der Waals surface area (Å²) in [5.74, 6) is 0. The fourth-order valence-electron chi connectivity index (χ4n) is 3.08. The number of hydrogen-bond acceptors (Lipinski definition) is 2. The van der Waals surface area contributed by atoms with Crippen LogP contribution in [0.3, 0.4) is 0 Å². The largest absolute Gasteiger partial charge is 0.371 e. The van der Waals surface area contributed by atoms with Crippen LogP contribution in [0.25, 0.3) is 0 Å². The van der Waals surface area contributed by atoms with Crippen LogP contribution in [-0.4, -0.2) is 19.1 Å². The number of nitrogens with one attached hydrogen (secondary N) is 1. The molecular formula is C18H27BrN2. The molecule has 2 aliphatic rings. The summed E-state index contributed by atoms with van der Waals surface area (Å²) in [6.45, 7) is 8.13. The predicted octanol–water partition coefficient (Wildman–Crippen LogP) is 4.72. The molecule has 0 unspecified atom stereocenters. The van der Waals surface area contributed by atoms with Crippen LogP contribution in [0.4, 0.5) is 5.69 Å². The molecule has 1 aromatic rings. The first-order chi connectivity index (χ1) is 10.1. The Balaban J connectivity index is 1.62. The highest BCUT2D eigenvalue weighted by molar-refractivity contribution is 9.10. The van der Waals surface area contributed by atoms with Gasteiger partial charge in [-0.1, -0.05) is 42.3 Å². The lowest BCUT2D eigenvalue weighted by Gasteiger charge is -2.40. The van der Waals surface area contributed by atoms with Crippen LogP contribution in [0.1, 0.15) is 51.5 Å². The van der Waals surface area contributed by atoms with E-state index in [0.717, 1.165) is 12.6 Å². The number of nitrogens with zero attached hydrogens (tertiary/aromatic N) is 1. The number of hydrogen-bond donors (Lipinski definition) is 1. The first kappa shape index (κ1) is 15.4. The molecule has 2 nitrogen and oxygen atoms in total. The molecule has 3 heteroatoms. The zero-order valence-electron chi connectivity index (χ0n) is 13.3. The van der Waals surface area contributed by atoms with Crippen LogP contribution in [0.15, 0.2) is 22.7 Å². The Kier molecular flexibility index (Phi) is 4.60. The summed E-state index contributed by atoms with van der Waals surface area (Å²) in [7, 11) is 0. The Morgan fingerprint density at radius 2 is 2.00 bits per heavy atom. The van der Waals surface area contributed by atoms with Crippen LogP contribution in [0, 0.1) is 5.41 Å². The summed E-state index contributed by atoms with van der Waals surface area (Å²) in [6, 6.07) is 7.65. The maximum atomic E-state index is 3.75. The van der Waals surface area contributed by atoms with Crippen molar-refractivity contribution in [1.29, 1.82) is 0 Å². The van der Waals surface area contributed by atoms with E-state index in [1.54, 1.807) is 0 Å². The van der Waals surface area contributed by atoms with Crippen molar-refractivity contribution in [3.05, 3.63) is 28.2 Å². The Morgan fingerprint density at radius 1 is 1.29 bits per heavy atom. The zero-order chi connectivity index (χ0) is 14.9. The molecule has 0 aromatic heterocycles. The monoisotopic (exact) mass is 350 g/mol. The smallest absolute Gasteiger partial charge is 0.0377 e. The molecule has 1 N–H and O–H groups in total. The van der Waals surface area contributed by atoms with E-state index < -0.39 is 0 Å². The van der Waals surface area contributed by atoms with E-state index in [2.05, 4.69) is 58.2 Å². The van der Waals surface area contributed by atoms with Crippen molar-refractivity contribution in [1.82, 2.24) is 5.32 Å². The van der Waals surface area contributed by atoms with E-state index >= 15 is 0 Å². The van der Waals surface area contributed by atoms with Gasteiger partial charge in [0.1, 0.15) is 0 Å². The third-order valence-corrected chi connectivity index (χ3v) is 6.12. The van der Waals surface area contributed by atoms with Crippen molar-refractivity contribution >= 4 is 21.6 Å². The van der Waals surface area contributed by atoms with Crippen LogP contribution < -0.4 is 10.2 Å². The first-order valence-electron chi connectivity index (χ1n) is 8.36. The molecule has 1 aliphatic carbocycles. The molecule has 0 atom stereocenters. The molecule has 2 fully saturated rings. The van der Waals surface area contributed by atoms with Gasteiger partial charge >= 0.3 is 0 Å². The normalized spacial score (nSPS) is 21.6. The fourth-order valence-corrected chi connectivity index (χ4v) is 3.58. The van der Waals surface area contributed by atoms with Gasteiger partial charge in [-0.25, -0.2) is 0 Å². The summed E-state index contributed by atoms with van der Waals surface area (Å²) in [6.07, 6.45) is 6.62.